The van der Waals surface area contributed by atoms with Crippen LogP contribution in [0.2, 0.25) is 5.02 Å². The maximum atomic E-state index is 13.3. The van der Waals surface area contributed by atoms with Gasteiger partial charge in [0.15, 0.2) is 5.96 Å². The monoisotopic (exact) mass is 355 g/mol. The molecule has 0 unspecified atom stereocenters. The summed E-state index contributed by atoms with van der Waals surface area (Å²) in [5.74, 6) is 0.450. The van der Waals surface area contributed by atoms with Gasteiger partial charge in [-0.25, -0.2) is 4.39 Å². The zero-order valence-electron chi connectivity index (χ0n) is 14.9. The number of aliphatic imine (C=N–C) groups is 1. The lowest BCUT2D eigenvalue weighted by Gasteiger charge is -2.38. The molecule has 0 saturated carbocycles. The molecule has 0 aliphatic carbocycles. The zero-order chi connectivity index (χ0) is 17.8. The Kier molecular flexibility index (Phi) is 6.10. The molecule has 134 valence electrons. The van der Waals surface area contributed by atoms with Gasteiger partial charge in [-0.15, -0.1) is 0 Å². The van der Waals surface area contributed by atoms with Crippen molar-refractivity contribution in [3.63, 3.8) is 0 Å². The summed E-state index contributed by atoms with van der Waals surface area (Å²) in [4.78, 5) is 4.69. The highest BCUT2D eigenvalue weighted by atomic mass is 35.5. The van der Waals surface area contributed by atoms with E-state index in [-0.39, 0.29) is 16.6 Å². The second kappa shape index (κ2) is 7.70. The third-order valence-electron chi connectivity index (χ3n) is 4.22. The predicted molar refractivity (Wildman–Crippen MR) is 97.3 cm³/mol. The van der Waals surface area contributed by atoms with Crippen LogP contribution in [0.25, 0.3) is 0 Å². The Hall–Kier alpha value is -1.33. The Morgan fingerprint density at radius 3 is 2.62 bits per heavy atom. The smallest absolute Gasteiger partial charge is 0.191 e. The molecule has 2 N–H and O–H groups in total. The highest BCUT2D eigenvalue weighted by molar-refractivity contribution is 6.31. The lowest BCUT2D eigenvalue weighted by molar-refractivity contribution is -0.0971. The van der Waals surface area contributed by atoms with Crippen LogP contribution >= 0.6 is 11.6 Å². The number of nitrogens with one attached hydrogen (secondary N) is 2. The quantitative estimate of drug-likeness (QED) is 0.607. The first kappa shape index (κ1) is 19.0. The molecule has 0 radical (unpaired) electrons. The maximum absolute atomic E-state index is 13.3. The number of nitrogens with zero attached hydrogens (tertiary/aromatic N) is 1. The number of halogens is 2. The van der Waals surface area contributed by atoms with Gasteiger partial charge in [-0.05, 0) is 24.6 Å². The summed E-state index contributed by atoms with van der Waals surface area (Å²) < 4.78 is 18.5. The number of guanidine groups is 1. The Labute approximate surface area is 148 Å². The van der Waals surface area contributed by atoms with E-state index in [4.69, 9.17) is 16.3 Å². The summed E-state index contributed by atoms with van der Waals surface area (Å²) in [5, 5.41) is 7.07. The van der Waals surface area contributed by atoms with E-state index in [0.29, 0.717) is 11.6 Å². The van der Waals surface area contributed by atoms with Crippen molar-refractivity contribution in [2.45, 2.75) is 33.1 Å². The first-order valence-corrected chi connectivity index (χ1v) is 8.69. The number of hydrogen-bond acceptors (Lipinski definition) is 2. The van der Waals surface area contributed by atoms with Crippen LogP contribution in [0, 0.1) is 11.2 Å². The predicted octanol–water partition coefficient (Wildman–Crippen LogP) is 3.35. The topological polar surface area (TPSA) is 45.7 Å². The lowest BCUT2D eigenvalue weighted by Crippen LogP contribution is -2.51. The van der Waals surface area contributed by atoms with E-state index in [2.05, 4.69) is 36.4 Å². The van der Waals surface area contributed by atoms with Crippen molar-refractivity contribution in [3.05, 3.63) is 34.6 Å². The molecule has 0 amide bonds. The molecule has 24 heavy (non-hydrogen) atoms. The number of rotatable bonds is 6. The molecule has 1 aromatic rings. The first-order chi connectivity index (χ1) is 11.3. The molecule has 1 aliphatic rings. The zero-order valence-corrected chi connectivity index (χ0v) is 15.6. The Bertz CT molecular complexity index is 600. The molecule has 6 heteroatoms. The molecular weight excluding hydrogens is 329 g/mol. The van der Waals surface area contributed by atoms with E-state index >= 15 is 0 Å². The maximum Gasteiger partial charge on any atom is 0.191 e. The highest BCUT2D eigenvalue weighted by Crippen LogP contribution is 2.30. The van der Waals surface area contributed by atoms with Crippen molar-refractivity contribution in [3.8, 4) is 0 Å². The first-order valence-electron chi connectivity index (χ1n) is 8.31. The molecular formula is C18H27ClFN3O. The van der Waals surface area contributed by atoms with Gasteiger partial charge in [0.1, 0.15) is 5.82 Å². The number of hydrogen-bond donors (Lipinski definition) is 2. The molecule has 1 aromatic carbocycles. The molecule has 0 spiro atoms. The summed E-state index contributed by atoms with van der Waals surface area (Å²) in [7, 11) is 0. The Balaban J connectivity index is 2.05. The van der Waals surface area contributed by atoms with Crippen LogP contribution in [0.1, 0.15) is 33.3 Å². The van der Waals surface area contributed by atoms with Crippen molar-refractivity contribution in [2.75, 3.05) is 32.8 Å². The van der Waals surface area contributed by atoms with Crippen LogP contribution in [0.4, 0.5) is 4.39 Å². The fourth-order valence-electron chi connectivity index (χ4n) is 2.59. The number of ether oxygens (including phenoxy) is 1. The minimum Gasteiger partial charge on any atom is -0.380 e. The average Bonchev–Trinajstić information content (AvgIpc) is 2.47. The van der Waals surface area contributed by atoms with Gasteiger partial charge < -0.3 is 15.4 Å². The van der Waals surface area contributed by atoms with Crippen molar-refractivity contribution >= 4 is 17.6 Å². The van der Waals surface area contributed by atoms with Crippen LogP contribution in [-0.2, 0) is 10.2 Å². The molecule has 1 heterocycles. The highest BCUT2D eigenvalue weighted by Gasteiger charge is 2.33. The van der Waals surface area contributed by atoms with Gasteiger partial charge >= 0.3 is 0 Å². The van der Waals surface area contributed by atoms with Crippen molar-refractivity contribution in [1.29, 1.82) is 0 Å². The van der Waals surface area contributed by atoms with Crippen molar-refractivity contribution in [1.82, 2.24) is 10.6 Å². The van der Waals surface area contributed by atoms with Gasteiger partial charge in [-0.3, -0.25) is 4.99 Å². The lowest BCUT2D eigenvalue weighted by atomic mass is 9.84. The fourth-order valence-corrected chi connectivity index (χ4v) is 3.01. The minimum absolute atomic E-state index is 0.173. The van der Waals surface area contributed by atoms with E-state index in [1.165, 1.54) is 12.1 Å². The second-order valence-electron chi connectivity index (χ2n) is 7.36. The largest absolute Gasteiger partial charge is 0.380 e. The molecule has 1 saturated heterocycles. The average molecular weight is 356 g/mol. The third-order valence-corrected chi connectivity index (χ3v) is 4.53. The van der Waals surface area contributed by atoms with Gasteiger partial charge in [0.25, 0.3) is 0 Å². The van der Waals surface area contributed by atoms with Crippen molar-refractivity contribution < 1.29 is 9.13 Å². The summed E-state index contributed by atoms with van der Waals surface area (Å²) in [6, 6.07) is 4.52. The van der Waals surface area contributed by atoms with E-state index in [1.54, 1.807) is 6.07 Å². The van der Waals surface area contributed by atoms with Crippen LogP contribution < -0.4 is 10.6 Å². The second-order valence-corrected chi connectivity index (χ2v) is 7.77. The molecule has 4 nitrogen and oxygen atoms in total. The molecule has 1 aliphatic heterocycles. The Morgan fingerprint density at radius 2 is 2.08 bits per heavy atom. The third kappa shape index (κ3) is 4.84. The van der Waals surface area contributed by atoms with Crippen LogP contribution in [0.15, 0.2) is 23.2 Å². The number of benzene rings is 1. The molecule has 0 atom stereocenters. The van der Waals surface area contributed by atoms with E-state index in [1.807, 2.05) is 6.92 Å². The summed E-state index contributed by atoms with van der Waals surface area (Å²) in [6.07, 6.45) is 0. The normalized spacial score (nSPS) is 17.3. The SMILES string of the molecule is CCNC(=NCC(C)(C)c1ccc(F)cc1Cl)NCC1(C)COC1. The van der Waals surface area contributed by atoms with Crippen molar-refractivity contribution in [2.24, 2.45) is 10.4 Å². The van der Waals surface area contributed by atoms with Crippen LogP contribution in [0.3, 0.4) is 0 Å². The van der Waals surface area contributed by atoms with Gasteiger partial charge in [-0.2, -0.15) is 0 Å². The van der Waals surface area contributed by atoms with Crippen LogP contribution in [-0.4, -0.2) is 38.8 Å². The summed E-state index contributed by atoms with van der Waals surface area (Å²) >= 11 is 6.20. The standard InChI is InChI=1S/C18H27ClFN3O/c1-5-21-16(23-10-18(4)11-24-12-18)22-9-17(2,3)14-7-6-13(20)8-15(14)19/h6-8H,5,9-12H2,1-4H3,(H2,21,22,23). The van der Waals surface area contributed by atoms with E-state index in [9.17, 15) is 4.39 Å². The van der Waals surface area contributed by atoms with Gasteiger partial charge in [0.05, 0.1) is 19.8 Å². The molecule has 0 aromatic heterocycles. The molecule has 2 rings (SSSR count). The van der Waals surface area contributed by atoms with E-state index < -0.39 is 0 Å². The summed E-state index contributed by atoms with van der Waals surface area (Å²) in [6.45, 7) is 12.0. The molecule has 1 fully saturated rings. The fraction of sp³-hybridized carbons (Fsp3) is 0.611. The van der Waals surface area contributed by atoms with E-state index in [0.717, 1.165) is 37.8 Å². The minimum atomic E-state index is -0.325. The Morgan fingerprint density at radius 1 is 1.38 bits per heavy atom. The molecule has 0 bridgehead atoms. The van der Waals surface area contributed by atoms with Crippen LogP contribution in [0.5, 0.6) is 0 Å². The summed E-state index contributed by atoms with van der Waals surface area (Å²) in [5.41, 5.74) is 0.771. The van der Waals surface area contributed by atoms with Gasteiger partial charge in [0.2, 0.25) is 0 Å². The van der Waals surface area contributed by atoms with Gasteiger partial charge in [0, 0.05) is 28.9 Å². The van der Waals surface area contributed by atoms with Gasteiger partial charge in [-0.1, -0.05) is 38.4 Å².